The number of hydrogen-bond acceptors (Lipinski definition) is 8. The van der Waals surface area contributed by atoms with E-state index in [2.05, 4.69) is 340 Å². The van der Waals surface area contributed by atoms with E-state index in [4.69, 9.17) is 15.0 Å². The molecule has 8 aliphatic heterocycles. The molecule has 0 N–H and O–H groups in total. The number of aromatic nitrogens is 4. The summed E-state index contributed by atoms with van der Waals surface area (Å²) in [6.45, 7) is 0. The summed E-state index contributed by atoms with van der Waals surface area (Å²) in [7, 11) is 0. The monoisotopic (exact) mass is 1780 g/mol. The van der Waals surface area contributed by atoms with Gasteiger partial charge in [0.25, 0.3) is 0 Å². The third-order valence-electron chi connectivity index (χ3n) is 34.2. The Morgan fingerprint density at radius 1 is 0.157 bits per heavy atom. The number of anilines is 12. The molecule has 0 saturated carbocycles. The summed E-state index contributed by atoms with van der Waals surface area (Å²) in [5, 5.41) is 0. The SMILES string of the molecule is c1ccc2c(c1)Cc1cc3c(cc1-2)-c1cc2c(cc1C3)N1c3cccnc3Cc3cccc(c31)C2.c1ccc2c(c1)Cc1ccc3c(c1-2)Cc1cc2c(cc1-3)Cc1cccc3c1N2c1cccnc1C3.c1ccc2c(c1)Cc1ccc3c(c1-2)Cc1cc2c(cc1-3)Cc1cccc3c1N2c1cnccc1C3.c1ccc2c(c1)Cc1ccc3c(c1-2)Cc1cc2c(cc1-3)Cc1cccc3c1N2c1ncccc1C3. The maximum absolute atomic E-state index is 4.88. The fraction of sp³-hybridized carbons (Fsp3) is 0.121. The summed E-state index contributed by atoms with van der Waals surface area (Å²) < 4.78 is 0. The van der Waals surface area contributed by atoms with Gasteiger partial charge in [0, 0.05) is 76.2 Å². The van der Waals surface area contributed by atoms with Crippen LogP contribution in [0, 0.1) is 0 Å². The summed E-state index contributed by atoms with van der Waals surface area (Å²) >= 11 is 0. The zero-order valence-electron chi connectivity index (χ0n) is 77.2. The van der Waals surface area contributed by atoms with Gasteiger partial charge in [0.1, 0.15) is 5.82 Å². The van der Waals surface area contributed by atoms with Gasteiger partial charge in [-0.25, -0.2) is 4.98 Å². The van der Waals surface area contributed by atoms with E-state index >= 15 is 0 Å². The molecule has 0 radical (unpaired) electrons. The van der Waals surface area contributed by atoms with Crippen LogP contribution in [0.1, 0.15) is 178 Å². The number of benzene rings is 16. The van der Waals surface area contributed by atoms with Crippen LogP contribution < -0.4 is 19.6 Å². The van der Waals surface area contributed by atoms with Crippen molar-refractivity contribution in [2.45, 2.75) is 103 Å². The van der Waals surface area contributed by atoms with Crippen molar-refractivity contribution in [3.05, 3.63) is 519 Å². The highest BCUT2D eigenvalue weighted by Gasteiger charge is 2.43. The molecule has 0 atom stereocenters. The van der Waals surface area contributed by atoms with Crippen LogP contribution in [0.5, 0.6) is 0 Å². The molecule has 0 amide bonds. The first-order valence-corrected chi connectivity index (χ1v) is 50.3. The molecule has 0 unspecified atom stereocenters. The minimum Gasteiger partial charge on any atom is -0.308 e. The molecule has 16 aliphatic rings. The number of fused-ring (bicyclic) bond motifs is 43. The minimum absolute atomic E-state index is 0.910. The first-order valence-electron chi connectivity index (χ1n) is 50.3. The van der Waals surface area contributed by atoms with E-state index < -0.39 is 0 Å². The molecule has 140 heavy (non-hydrogen) atoms. The molecule has 4 aromatic heterocycles. The van der Waals surface area contributed by atoms with Gasteiger partial charge < -0.3 is 14.7 Å². The zero-order chi connectivity index (χ0) is 90.7. The fourth-order valence-electron chi connectivity index (χ4n) is 28.3. The van der Waals surface area contributed by atoms with Gasteiger partial charge in [-0.15, -0.1) is 0 Å². The highest BCUT2D eigenvalue weighted by atomic mass is 15.2. The molecule has 0 bridgehead atoms. The fourth-order valence-corrected chi connectivity index (χ4v) is 28.3. The minimum atomic E-state index is 0.910. The van der Waals surface area contributed by atoms with Crippen LogP contribution >= 0.6 is 0 Å². The number of para-hydroxylation sites is 4. The van der Waals surface area contributed by atoms with Crippen LogP contribution in [0.25, 0.3) is 89.0 Å². The quantitative estimate of drug-likeness (QED) is 0.149. The third kappa shape index (κ3) is 10.9. The van der Waals surface area contributed by atoms with E-state index in [1.165, 1.54) is 330 Å². The van der Waals surface area contributed by atoms with Crippen molar-refractivity contribution >= 4 is 68.4 Å². The lowest BCUT2D eigenvalue weighted by molar-refractivity contribution is 0.970. The number of nitrogens with zero attached hydrogens (tertiary/aromatic N) is 8. The Bertz CT molecular complexity index is 8470. The molecule has 16 aromatic carbocycles. The third-order valence-corrected chi connectivity index (χ3v) is 34.2. The molecule has 8 aliphatic carbocycles. The Morgan fingerprint density at radius 3 is 0.921 bits per heavy atom. The van der Waals surface area contributed by atoms with Crippen LogP contribution in [-0.4, -0.2) is 19.9 Å². The molecule has 8 nitrogen and oxygen atoms in total. The van der Waals surface area contributed by atoms with E-state index in [0.717, 1.165) is 109 Å². The predicted octanol–water partition coefficient (Wildman–Crippen LogP) is 30.0. The van der Waals surface area contributed by atoms with Gasteiger partial charge in [0.05, 0.1) is 80.1 Å². The number of pyridine rings is 4. The molecule has 8 heteroatoms. The van der Waals surface area contributed by atoms with Crippen molar-refractivity contribution in [1.29, 1.82) is 0 Å². The van der Waals surface area contributed by atoms with Gasteiger partial charge in [0.2, 0.25) is 0 Å². The van der Waals surface area contributed by atoms with Crippen LogP contribution in [-0.2, 0) is 103 Å². The Morgan fingerprint density at radius 2 is 0.464 bits per heavy atom. The van der Waals surface area contributed by atoms with Crippen LogP contribution in [0.2, 0.25) is 0 Å². The highest BCUT2D eigenvalue weighted by Crippen LogP contribution is 2.62. The van der Waals surface area contributed by atoms with E-state index in [1.54, 1.807) is 0 Å². The van der Waals surface area contributed by atoms with Gasteiger partial charge in [-0.1, -0.05) is 218 Å². The second kappa shape index (κ2) is 28.5. The first-order chi connectivity index (χ1) is 69.3. The van der Waals surface area contributed by atoms with Crippen LogP contribution in [0.15, 0.2) is 340 Å². The average Bonchev–Trinajstić information content (AvgIpc) is 1.34. The van der Waals surface area contributed by atoms with Gasteiger partial charge in [-0.05, 0) is 398 Å². The summed E-state index contributed by atoms with van der Waals surface area (Å²) in [6, 6.07) is 117. The molecule has 656 valence electrons. The van der Waals surface area contributed by atoms with Crippen molar-refractivity contribution in [3.63, 3.8) is 0 Å². The van der Waals surface area contributed by atoms with E-state index in [9.17, 15) is 0 Å². The van der Waals surface area contributed by atoms with Crippen molar-refractivity contribution in [2.24, 2.45) is 0 Å². The molecular weight excluding hydrogens is 1700 g/mol. The molecule has 0 spiro atoms. The highest BCUT2D eigenvalue weighted by molar-refractivity contribution is 6.01. The van der Waals surface area contributed by atoms with Gasteiger partial charge in [0.15, 0.2) is 0 Å². The molecule has 20 aromatic rings. The Balaban J connectivity index is 0.0000000829. The van der Waals surface area contributed by atoms with Crippen molar-refractivity contribution in [3.8, 4) is 89.0 Å². The Hall–Kier alpha value is -16.7. The number of rotatable bonds is 0. The standard InChI is InChI=1S/4C33H22N2/c1-2-9-26-19(5-1)13-20-10-11-27-28-17-25-15-22-7-3-6-21-14-23-8-4-12-34-33(23)35(32(21)22)30(25)18-24(28)16-29(27)31(20)26;1-2-8-25-19(5-1)13-20-10-11-26-27-16-24-14-21-6-3-7-22-17-29-30(9-4-12-34-29)35(33(21)22)31(24)18-23(27)15-28(26)32(20)25;1-2-8-26-19(5-1)11-22-13-23-14-24-17-32-25(15-27(24)29(23)18-28(22)26)12-20-6-3-7-21-16-30-31(9-4-10-34-30)35(32)33(20)21;1-2-7-26-19(4-1)12-21-8-9-27-28-16-25-14-23-6-3-5-22-13-20-10-11-34-18-31(20)35(33(22)23)30(25)17-24(28)15-29(27)32(21)26/h1-12,17-18H,13-16H2;1-12,16,18H,13-15,17H2;1-10,13,15,17-18H,11-12,14,16H2;1-11,16-18H,12-15H2. The Labute approximate surface area is 812 Å². The first kappa shape index (κ1) is 76.5. The van der Waals surface area contributed by atoms with Gasteiger partial charge in [-0.3, -0.25) is 19.9 Å². The maximum atomic E-state index is 4.88. The van der Waals surface area contributed by atoms with Crippen LogP contribution in [0.4, 0.5) is 68.4 Å². The van der Waals surface area contributed by atoms with E-state index in [1.807, 2.05) is 24.8 Å². The van der Waals surface area contributed by atoms with Gasteiger partial charge >= 0.3 is 0 Å². The normalized spacial score (nSPS) is 14.9. The maximum Gasteiger partial charge on any atom is 0.141 e. The molecule has 12 heterocycles. The van der Waals surface area contributed by atoms with E-state index in [-0.39, 0.29) is 0 Å². The second-order valence-electron chi connectivity index (χ2n) is 41.5. The van der Waals surface area contributed by atoms with Crippen molar-refractivity contribution in [2.75, 3.05) is 19.6 Å². The Kier molecular flexibility index (Phi) is 15.6. The predicted molar refractivity (Wildman–Crippen MR) is 564 cm³/mol. The summed E-state index contributed by atoms with van der Waals surface area (Å²) in [6.07, 6.45) is 25.7. The van der Waals surface area contributed by atoms with Crippen LogP contribution in [0.3, 0.4) is 0 Å². The van der Waals surface area contributed by atoms with E-state index in [0.29, 0.717) is 0 Å². The molecule has 0 fully saturated rings. The van der Waals surface area contributed by atoms with Crippen molar-refractivity contribution < 1.29 is 0 Å². The van der Waals surface area contributed by atoms with Crippen molar-refractivity contribution in [1.82, 2.24) is 19.9 Å². The lowest BCUT2D eigenvalue weighted by atomic mass is 9.85. The molecule has 36 rings (SSSR count). The average molecular weight is 1790 g/mol. The summed E-state index contributed by atoms with van der Waals surface area (Å²) in [5.74, 6) is 1.10. The topological polar surface area (TPSA) is 64.5 Å². The largest absolute Gasteiger partial charge is 0.308 e. The smallest absolute Gasteiger partial charge is 0.141 e. The summed E-state index contributed by atoms with van der Waals surface area (Å²) in [5.41, 5.74) is 83.1. The molecular formula is C132H88N8. The second-order valence-corrected chi connectivity index (χ2v) is 41.5. The number of hydrogen-bond donors (Lipinski definition) is 0. The molecule has 0 saturated heterocycles. The zero-order valence-corrected chi connectivity index (χ0v) is 77.2. The lowest BCUT2D eigenvalue weighted by Crippen LogP contribution is -2.25. The van der Waals surface area contributed by atoms with Gasteiger partial charge in [-0.2, -0.15) is 0 Å². The summed E-state index contributed by atoms with van der Waals surface area (Å²) in [4.78, 5) is 28.9. The lowest BCUT2D eigenvalue weighted by Gasteiger charge is -2.39.